The van der Waals surface area contributed by atoms with Crippen molar-refractivity contribution >= 4 is 38.6 Å². The molecule has 2 aromatic heterocycles. The molecule has 1 saturated carbocycles. The Hall–Kier alpha value is -1.47. The third-order valence-corrected chi connectivity index (χ3v) is 6.42. The van der Waals surface area contributed by atoms with Crippen LogP contribution in [0.4, 0.5) is 0 Å². The Kier molecular flexibility index (Phi) is 4.09. The minimum absolute atomic E-state index is 0.000865. The van der Waals surface area contributed by atoms with Gasteiger partial charge in [0.15, 0.2) is 5.79 Å². The van der Waals surface area contributed by atoms with Gasteiger partial charge in [0.1, 0.15) is 23.2 Å². The molecular formula is C20H19BrClN3O2. The van der Waals surface area contributed by atoms with Gasteiger partial charge in [-0.1, -0.05) is 41.9 Å². The lowest BCUT2D eigenvalue weighted by molar-refractivity contribution is -0.157. The molecule has 4 atom stereocenters. The van der Waals surface area contributed by atoms with Crippen molar-refractivity contribution in [3.8, 4) is 0 Å². The van der Waals surface area contributed by atoms with Gasteiger partial charge < -0.3 is 14.0 Å². The van der Waals surface area contributed by atoms with Crippen LogP contribution in [0.25, 0.3) is 11.0 Å². The number of halogens is 2. The lowest BCUT2D eigenvalue weighted by Crippen LogP contribution is -2.27. The summed E-state index contributed by atoms with van der Waals surface area (Å²) in [4.78, 5) is 8.61. The third kappa shape index (κ3) is 2.81. The third-order valence-electron chi connectivity index (χ3n) is 5.54. The van der Waals surface area contributed by atoms with Crippen molar-refractivity contribution in [2.24, 2.45) is 0 Å². The van der Waals surface area contributed by atoms with Crippen LogP contribution in [0.3, 0.4) is 0 Å². The minimum Gasteiger partial charge on any atom is -0.344 e. The van der Waals surface area contributed by atoms with E-state index in [4.69, 9.17) is 21.1 Å². The first kappa shape index (κ1) is 17.6. The molecule has 1 aromatic carbocycles. The molecule has 2 fully saturated rings. The number of aromatic nitrogens is 3. The van der Waals surface area contributed by atoms with E-state index in [9.17, 15) is 0 Å². The van der Waals surface area contributed by atoms with Gasteiger partial charge in [0.25, 0.3) is 0 Å². The fourth-order valence-corrected chi connectivity index (χ4v) is 5.44. The number of hydrogen-bond donors (Lipinski definition) is 0. The number of nitrogens with zero attached hydrogens (tertiary/aromatic N) is 3. The first-order valence-electron chi connectivity index (χ1n) is 9.02. The van der Waals surface area contributed by atoms with Crippen LogP contribution in [0.15, 0.2) is 47.3 Å². The summed E-state index contributed by atoms with van der Waals surface area (Å²) in [6, 6.07) is 10.6. The van der Waals surface area contributed by atoms with Gasteiger partial charge in [-0.05, 0) is 41.8 Å². The van der Waals surface area contributed by atoms with Crippen LogP contribution in [-0.2, 0) is 9.47 Å². The van der Waals surface area contributed by atoms with Gasteiger partial charge in [-0.2, -0.15) is 0 Å². The summed E-state index contributed by atoms with van der Waals surface area (Å²) in [5, 5.41) is 1.28. The van der Waals surface area contributed by atoms with Crippen molar-refractivity contribution in [3.63, 3.8) is 0 Å². The molecule has 0 N–H and O–H groups in total. The van der Waals surface area contributed by atoms with Crippen molar-refractivity contribution in [3.05, 3.63) is 58.0 Å². The van der Waals surface area contributed by atoms with E-state index in [2.05, 4.69) is 54.7 Å². The van der Waals surface area contributed by atoms with Crippen LogP contribution in [0, 0.1) is 0 Å². The zero-order valence-electron chi connectivity index (χ0n) is 15.0. The van der Waals surface area contributed by atoms with Gasteiger partial charge >= 0.3 is 0 Å². The van der Waals surface area contributed by atoms with E-state index in [1.165, 1.54) is 11.9 Å². The molecule has 5 rings (SSSR count). The molecule has 1 saturated heterocycles. The van der Waals surface area contributed by atoms with Gasteiger partial charge in [0, 0.05) is 16.6 Å². The SMILES string of the molecule is CC1(C)O[C@@H]2[C@H](O1)[C@@H](c1ccccc1)C[C@H]2n1cc(Br)c2c(Cl)ncnc21. The Labute approximate surface area is 170 Å². The van der Waals surface area contributed by atoms with Crippen LogP contribution in [0.2, 0.25) is 5.15 Å². The van der Waals surface area contributed by atoms with Crippen molar-refractivity contribution in [1.82, 2.24) is 14.5 Å². The maximum atomic E-state index is 6.35. The Bertz CT molecular complexity index is 1010. The highest BCUT2D eigenvalue weighted by Gasteiger charge is 2.55. The molecule has 1 aliphatic carbocycles. The van der Waals surface area contributed by atoms with E-state index in [0.717, 1.165) is 21.9 Å². The van der Waals surface area contributed by atoms with Crippen LogP contribution in [0.5, 0.6) is 0 Å². The lowest BCUT2D eigenvalue weighted by atomic mass is 9.95. The lowest BCUT2D eigenvalue weighted by Gasteiger charge is -2.24. The zero-order chi connectivity index (χ0) is 18.8. The molecule has 0 bridgehead atoms. The predicted octanol–water partition coefficient (Wildman–Crippen LogP) is 5.10. The van der Waals surface area contributed by atoms with E-state index >= 15 is 0 Å². The fraction of sp³-hybridized carbons (Fsp3) is 0.400. The molecule has 27 heavy (non-hydrogen) atoms. The standard InChI is InChI=1S/C20H19BrClN3O2/c1-20(2)26-16-12(11-6-4-3-5-7-11)8-14(17(16)27-20)25-9-13(21)15-18(22)23-10-24-19(15)25/h3-7,9-10,12,14,16-17H,8H2,1-2H3/t12-,14-,16-,17+/m1/s1. The quantitative estimate of drug-likeness (QED) is 0.512. The molecule has 0 spiro atoms. The number of fused-ring (bicyclic) bond motifs is 2. The van der Waals surface area contributed by atoms with Crippen molar-refractivity contribution in [2.45, 2.75) is 50.2 Å². The molecule has 0 amide bonds. The molecular weight excluding hydrogens is 430 g/mol. The normalized spacial score (nSPS) is 29.3. The molecule has 2 aliphatic rings. The zero-order valence-corrected chi connectivity index (χ0v) is 17.3. The smallest absolute Gasteiger partial charge is 0.163 e. The second-order valence-corrected chi connectivity index (χ2v) is 8.84. The number of rotatable bonds is 2. The molecule has 3 heterocycles. The van der Waals surface area contributed by atoms with Gasteiger partial charge in [0.05, 0.1) is 17.5 Å². The second kappa shape index (κ2) is 6.27. The summed E-state index contributed by atoms with van der Waals surface area (Å²) in [6.45, 7) is 3.96. The summed E-state index contributed by atoms with van der Waals surface area (Å²) in [5.41, 5.74) is 2.09. The monoisotopic (exact) mass is 447 g/mol. The average molecular weight is 449 g/mol. The largest absolute Gasteiger partial charge is 0.344 e. The maximum Gasteiger partial charge on any atom is 0.163 e. The van der Waals surface area contributed by atoms with E-state index in [1.54, 1.807) is 0 Å². The van der Waals surface area contributed by atoms with E-state index < -0.39 is 5.79 Å². The maximum absolute atomic E-state index is 6.35. The molecule has 0 unspecified atom stereocenters. The minimum atomic E-state index is -0.603. The summed E-state index contributed by atoms with van der Waals surface area (Å²) in [5.74, 6) is -0.343. The summed E-state index contributed by atoms with van der Waals surface area (Å²) < 4.78 is 15.7. The van der Waals surface area contributed by atoms with Crippen LogP contribution < -0.4 is 0 Å². The Morgan fingerprint density at radius 2 is 1.89 bits per heavy atom. The van der Waals surface area contributed by atoms with Gasteiger partial charge in [-0.15, -0.1) is 0 Å². The van der Waals surface area contributed by atoms with Crippen LogP contribution in [0.1, 0.15) is 37.8 Å². The van der Waals surface area contributed by atoms with Gasteiger partial charge in [0.2, 0.25) is 0 Å². The molecule has 3 aromatic rings. The van der Waals surface area contributed by atoms with Gasteiger partial charge in [-0.25, -0.2) is 9.97 Å². The first-order valence-corrected chi connectivity index (χ1v) is 10.2. The van der Waals surface area contributed by atoms with Crippen LogP contribution >= 0.6 is 27.5 Å². The summed E-state index contributed by atoms with van der Waals surface area (Å²) in [6.07, 6.45) is 4.40. The number of benzene rings is 1. The Balaban J connectivity index is 1.62. The highest BCUT2D eigenvalue weighted by molar-refractivity contribution is 9.10. The number of ether oxygens (including phenoxy) is 2. The van der Waals surface area contributed by atoms with Crippen molar-refractivity contribution in [1.29, 1.82) is 0 Å². The Morgan fingerprint density at radius 3 is 2.67 bits per heavy atom. The van der Waals surface area contributed by atoms with Gasteiger partial charge in [-0.3, -0.25) is 0 Å². The topological polar surface area (TPSA) is 49.2 Å². The summed E-state index contributed by atoms with van der Waals surface area (Å²) in [7, 11) is 0. The number of hydrogen-bond acceptors (Lipinski definition) is 4. The van der Waals surface area contributed by atoms with Crippen molar-refractivity contribution < 1.29 is 9.47 Å². The van der Waals surface area contributed by atoms with Crippen molar-refractivity contribution in [2.75, 3.05) is 0 Å². The average Bonchev–Trinajstić information content (AvgIpc) is 3.25. The molecule has 5 nitrogen and oxygen atoms in total. The molecule has 1 aliphatic heterocycles. The summed E-state index contributed by atoms with van der Waals surface area (Å²) >= 11 is 9.93. The van der Waals surface area contributed by atoms with E-state index in [0.29, 0.717) is 5.15 Å². The highest BCUT2D eigenvalue weighted by atomic mass is 79.9. The highest BCUT2D eigenvalue weighted by Crippen LogP contribution is 2.51. The fourth-order valence-electron chi connectivity index (χ4n) is 4.51. The second-order valence-electron chi connectivity index (χ2n) is 7.63. The predicted molar refractivity (Wildman–Crippen MR) is 107 cm³/mol. The molecule has 0 radical (unpaired) electrons. The Morgan fingerprint density at radius 1 is 1.15 bits per heavy atom. The van der Waals surface area contributed by atoms with E-state index in [1.807, 2.05) is 26.1 Å². The molecule has 7 heteroatoms. The van der Waals surface area contributed by atoms with E-state index in [-0.39, 0.29) is 24.2 Å². The molecule has 140 valence electrons. The first-order chi connectivity index (χ1) is 12.9. The van der Waals surface area contributed by atoms with Crippen LogP contribution in [-0.4, -0.2) is 32.5 Å².